The number of aryl methyl sites for hydroxylation is 1. The Bertz CT molecular complexity index is 736. The number of hydrogen-bond acceptors (Lipinski definition) is 3. The molecule has 0 spiro atoms. The molecule has 0 amide bonds. The van der Waals surface area contributed by atoms with Gasteiger partial charge in [-0.25, -0.2) is 8.42 Å². The molecule has 0 aliphatic rings. The minimum absolute atomic E-state index is 0.164. The highest BCUT2D eigenvalue weighted by atomic mass is 32.2. The fourth-order valence-corrected chi connectivity index (χ4v) is 2.86. The lowest BCUT2D eigenvalue weighted by Crippen LogP contribution is -2.15. The fourth-order valence-electron chi connectivity index (χ4n) is 1.78. The Morgan fingerprint density at radius 3 is 2.00 bits per heavy atom. The Hall–Kier alpha value is -2.02. The molecule has 1 N–H and O–H groups in total. The summed E-state index contributed by atoms with van der Waals surface area (Å²) in [4.78, 5) is 0.164. The van der Waals surface area contributed by atoms with Crippen LogP contribution >= 0.6 is 0 Å². The van der Waals surface area contributed by atoms with E-state index in [1.165, 1.54) is 24.3 Å². The van der Waals surface area contributed by atoms with Crippen LogP contribution in [0.4, 0.5) is 18.9 Å². The van der Waals surface area contributed by atoms with Gasteiger partial charge in [0, 0.05) is 5.69 Å². The van der Waals surface area contributed by atoms with Gasteiger partial charge in [-0.05, 0) is 43.3 Å². The number of hydrogen-bond donors (Lipinski definition) is 1. The van der Waals surface area contributed by atoms with Crippen LogP contribution in [0.3, 0.4) is 0 Å². The molecule has 118 valence electrons. The number of alkyl halides is 3. The molecule has 3 nitrogen and oxygen atoms in total. The van der Waals surface area contributed by atoms with Crippen molar-refractivity contribution in [2.24, 2.45) is 0 Å². The zero-order chi connectivity index (χ0) is 16.4. The second-order valence-corrected chi connectivity index (χ2v) is 6.81. The maximum absolute atomic E-state index is 12.4. The second kappa shape index (κ2) is 6.00. The molecule has 0 aliphatic carbocycles. The van der Waals surface area contributed by atoms with E-state index >= 15 is 0 Å². The summed E-state index contributed by atoms with van der Waals surface area (Å²) >= 11 is 0. The Labute approximate surface area is 126 Å². The van der Waals surface area contributed by atoms with Crippen LogP contribution in [0.5, 0.6) is 0 Å². The van der Waals surface area contributed by atoms with Gasteiger partial charge in [0.15, 0.2) is 9.84 Å². The first-order chi connectivity index (χ1) is 10.2. The summed E-state index contributed by atoms with van der Waals surface area (Å²) in [6, 6.07) is 10.6. The van der Waals surface area contributed by atoms with Crippen molar-refractivity contribution < 1.29 is 21.6 Å². The number of halogens is 3. The first-order valence-corrected chi connectivity index (χ1v) is 8.04. The van der Waals surface area contributed by atoms with Crippen LogP contribution in [0.15, 0.2) is 53.4 Å². The molecule has 7 heteroatoms. The zero-order valence-electron chi connectivity index (χ0n) is 11.7. The van der Waals surface area contributed by atoms with Crippen LogP contribution in [0.2, 0.25) is 0 Å². The highest BCUT2D eigenvalue weighted by Gasteiger charge is 2.29. The third-order valence-electron chi connectivity index (χ3n) is 3.06. The van der Waals surface area contributed by atoms with E-state index in [4.69, 9.17) is 0 Å². The molecule has 2 aromatic carbocycles. The third-order valence-corrected chi connectivity index (χ3v) is 4.57. The van der Waals surface area contributed by atoms with Gasteiger partial charge in [-0.15, -0.1) is 0 Å². The molecular formula is C15H14F3NO2S. The van der Waals surface area contributed by atoms with E-state index in [0.29, 0.717) is 5.69 Å². The van der Waals surface area contributed by atoms with E-state index < -0.39 is 21.6 Å². The Morgan fingerprint density at radius 1 is 0.955 bits per heavy atom. The van der Waals surface area contributed by atoms with Crippen molar-refractivity contribution in [2.45, 2.75) is 18.0 Å². The SMILES string of the molecule is Cc1ccc(S(=O)(=O)CNc2ccc(C(F)(F)F)cc2)cc1. The van der Waals surface area contributed by atoms with Crippen molar-refractivity contribution in [1.82, 2.24) is 0 Å². The number of anilines is 1. The topological polar surface area (TPSA) is 46.2 Å². The van der Waals surface area contributed by atoms with Crippen molar-refractivity contribution in [2.75, 3.05) is 11.2 Å². The standard InChI is InChI=1S/C15H14F3NO2S/c1-11-2-8-14(9-3-11)22(20,21)10-19-13-6-4-12(5-7-13)15(16,17)18/h2-9,19H,10H2,1H3. The molecule has 0 bridgehead atoms. The largest absolute Gasteiger partial charge is 0.416 e. The van der Waals surface area contributed by atoms with Crippen LogP contribution < -0.4 is 5.32 Å². The third kappa shape index (κ3) is 4.00. The molecule has 2 rings (SSSR count). The zero-order valence-corrected chi connectivity index (χ0v) is 12.5. The second-order valence-electron chi connectivity index (χ2n) is 4.82. The van der Waals surface area contributed by atoms with E-state index in [2.05, 4.69) is 5.32 Å². The molecule has 0 heterocycles. The molecule has 0 atom stereocenters. The normalized spacial score (nSPS) is 12.2. The molecule has 0 fully saturated rings. The van der Waals surface area contributed by atoms with E-state index in [0.717, 1.165) is 17.7 Å². The van der Waals surface area contributed by atoms with Crippen molar-refractivity contribution in [1.29, 1.82) is 0 Å². The first kappa shape index (κ1) is 16.4. The van der Waals surface area contributed by atoms with Gasteiger partial charge in [-0.3, -0.25) is 0 Å². The highest BCUT2D eigenvalue weighted by Crippen LogP contribution is 2.29. The number of nitrogens with one attached hydrogen (secondary N) is 1. The smallest absolute Gasteiger partial charge is 0.371 e. The van der Waals surface area contributed by atoms with E-state index in [1.807, 2.05) is 6.92 Å². The lowest BCUT2D eigenvalue weighted by Gasteiger charge is -2.10. The van der Waals surface area contributed by atoms with Gasteiger partial charge in [-0.1, -0.05) is 17.7 Å². The Balaban J connectivity index is 2.07. The Morgan fingerprint density at radius 2 is 1.50 bits per heavy atom. The summed E-state index contributed by atoms with van der Waals surface area (Å²) in [7, 11) is -3.55. The van der Waals surface area contributed by atoms with E-state index in [-0.39, 0.29) is 10.8 Å². The molecule has 0 saturated heterocycles. The van der Waals surface area contributed by atoms with Crippen molar-refractivity contribution in [3.8, 4) is 0 Å². The summed E-state index contributed by atoms with van der Waals surface area (Å²) in [6.45, 7) is 1.84. The molecular weight excluding hydrogens is 315 g/mol. The number of benzene rings is 2. The van der Waals surface area contributed by atoms with Gasteiger partial charge < -0.3 is 5.32 Å². The summed E-state index contributed by atoms with van der Waals surface area (Å²) in [5, 5.41) is 2.62. The van der Waals surface area contributed by atoms with E-state index in [1.54, 1.807) is 12.1 Å². The summed E-state index contributed by atoms with van der Waals surface area (Å²) in [5.74, 6) is -0.387. The molecule has 22 heavy (non-hydrogen) atoms. The molecule has 0 aliphatic heterocycles. The van der Waals surface area contributed by atoms with Gasteiger partial charge in [0.05, 0.1) is 10.5 Å². The number of rotatable bonds is 4. The predicted molar refractivity (Wildman–Crippen MR) is 78.3 cm³/mol. The van der Waals surface area contributed by atoms with Crippen LogP contribution in [-0.4, -0.2) is 14.3 Å². The Kier molecular flexibility index (Phi) is 4.46. The van der Waals surface area contributed by atoms with Gasteiger partial charge in [0.25, 0.3) is 0 Å². The van der Waals surface area contributed by atoms with Crippen molar-refractivity contribution >= 4 is 15.5 Å². The van der Waals surface area contributed by atoms with Crippen LogP contribution in [0.25, 0.3) is 0 Å². The van der Waals surface area contributed by atoms with Crippen molar-refractivity contribution in [3.05, 3.63) is 59.7 Å². The molecule has 2 aromatic rings. The lowest BCUT2D eigenvalue weighted by molar-refractivity contribution is -0.137. The van der Waals surface area contributed by atoms with Crippen molar-refractivity contribution in [3.63, 3.8) is 0 Å². The van der Waals surface area contributed by atoms with Crippen LogP contribution in [0, 0.1) is 6.92 Å². The molecule has 0 aromatic heterocycles. The highest BCUT2D eigenvalue weighted by molar-refractivity contribution is 7.91. The maximum Gasteiger partial charge on any atom is 0.416 e. The molecule has 0 saturated carbocycles. The minimum Gasteiger partial charge on any atom is -0.371 e. The monoisotopic (exact) mass is 329 g/mol. The maximum atomic E-state index is 12.4. The summed E-state index contributed by atoms with van der Waals surface area (Å²) in [6.07, 6.45) is -4.41. The number of sulfone groups is 1. The predicted octanol–water partition coefficient (Wildman–Crippen LogP) is 3.86. The quantitative estimate of drug-likeness (QED) is 0.926. The summed E-state index contributed by atoms with van der Waals surface area (Å²) in [5.41, 5.74) is 0.470. The molecule has 0 radical (unpaired) electrons. The fraction of sp³-hybridized carbons (Fsp3) is 0.200. The average molecular weight is 329 g/mol. The van der Waals surface area contributed by atoms with Gasteiger partial charge >= 0.3 is 6.18 Å². The minimum atomic E-state index is -4.41. The van der Waals surface area contributed by atoms with Crippen LogP contribution in [-0.2, 0) is 16.0 Å². The van der Waals surface area contributed by atoms with Crippen LogP contribution in [0.1, 0.15) is 11.1 Å². The first-order valence-electron chi connectivity index (χ1n) is 6.39. The average Bonchev–Trinajstić information content (AvgIpc) is 2.45. The van der Waals surface area contributed by atoms with Gasteiger partial charge in [-0.2, -0.15) is 13.2 Å². The lowest BCUT2D eigenvalue weighted by atomic mass is 10.2. The van der Waals surface area contributed by atoms with E-state index in [9.17, 15) is 21.6 Å². The van der Waals surface area contributed by atoms with Gasteiger partial charge in [0.2, 0.25) is 0 Å². The van der Waals surface area contributed by atoms with Gasteiger partial charge in [0.1, 0.15) is 5.88 Å². The molecule has 0 unspecified atom stereocenters. The summed E-state index contributed by atoms with van der Waals surface area (Å²) < 4.78 is 61.5.